The zero-order valence-electron chi connectivity index (χ0n) is 13.5. The second-order valence-corrected chi connectivity index (χ2v) is 5.36. The van der Waals surface area contributed by atoms with E-state index in [1.165, 1.54) is 5.56 Å². The van der Waals surface area contributed by atoms with Crippen molar-refractivity contribution in [2.45, 2.75) is 46.8 Å². The summed E-state index contributed by atoms with van der Waals surface area (Å²) in [4.78, 5) is 0. The number of para-hydroxylation sites is 1. The third-order valence-electron chi connectivity index (χ3n) is 3.51. The van der Waals surface area contributed by atoms with Gasteiger partial charge in [-0.25, -0.2) is 0 Å². The lowest BCUT2D eigenvalue weighted by Gasteiger charge is -2.24. The normalized spacial score (nSPS) is 14.3. The van der Waals surface area contributed by atoms with E-state index in [0.717, 1.165) is 12.3 Å². The average Bonchev–Trinajstić information content (AvgIpc) is 2.44. The fourth-order valence-corrected chi connectivity index (χ4v) is 2.00. The Bertz CT molecular complexity index is 379. The number of rotatable bonds is 9. The highest BCUT2D eigenvalue weighted by Gasteiger charge is 2.17. The molecule has 0 aliphatic heterocycles. The Labute approximate surface area is 123 Å². The van der Waals surface area contributed by atoms with Gasteiger partial charge in [-0.2, -0.15) is 0 Å². The molecule has 0 bridgehead atoms. The third kappa shape index (κ3) is 5.14. The first-order valence-electron chi connectivity index (χ1n) is 7.66. The minimum atomic E-state index is 0.170. The molecule has 1 aromatic carbocycles. The van der Waals surface area contributed by atoms with Crippen LogP contribution in [0.1, 0.15) is 46.2 Å². The molecule has 114 valence electrons. The van der Waals surface area contributed by atoms with Crippen LogP contribution in [-0.4, -0.2) is 25.9 Å². The van der Waals surface area contributed by atoms with Crippen molar-refractivity contribution < 1.29 is 9.47 Å². The highest BCUT2D eigenvalue weighted by Crippen LogP contribution is 2.26. The van der Waals surface area contributed by atoms with E-state index < -0.39 is 0 Å². The Kier molecular flexibility index (Phi) is 7.63. The lowest BCUT2D eigenvalue weighted by Crippen LogP contribution is -2.29. The van der Waals surface area contributed by atoms with E-state index in [1.807, 2.05) is 25.1 Å². The molecule has 2 unspecified atom stereocenters. The molecule has 0 aliphatic rings. The van der Waals surface area contributed by atoms with Gasteiger partial charge in [-0.15, -0.1) is 0 Å². The van der Waals surface area contributed by atoms with Gasteiger partial charge < -0.3 is 14.8 Å². The number of ether oxygens (including phenoxy) is 2. The predicted octanol–water partition coefficient (Wildman–Crippen LogP) is 3.80. The third-order valence-corrected chi connectivity index (χ3v) is 3.51. The highest BCUT2D eigenvalue weighted by molar-refractivity contribution is 5.36. The Balaban J connectivity index is 2.79. The molecule has 0 spiro atoms. The molecule has 0 aliphatic carbocycles. The molecule has 0 saturated heterocycles. The van der Waals surface area contributed by atoms with Crippen molar-refractivity contribution in [2.24, 2.45) is 5.92 Å². The fraction of sp³-hybridized carbons (Fsp3) is 0.647. The summed E-state index contributed by atoms with van der Waals surface area (Å²) in [6, 6.07) is 8.36. The Morgan fingerprint density at radius 2 is 1.80 bits per heavy atom. The quantitative estimate of drug-likeness (QED) is 0.746. The summed E-state index contributed by atoms with van der Waals surface area (Å²) in [5, 5.41) is 3.49. The molecule has 0 amide bonds. The summed E-state index contributed by atoms with van der Waals surface area (Å²) in [6.45, 7) is 12.9. The van der Waals surface area contributed by atoms with E-state index >= 15 is 0 Å². The van der Waals surface area contributed by atoms with Gasteiger partial charge in [0.2, 0.25) is 0 Å². The predicted molar refractivity (Wildman–Crippen MR) is 84.3 cm³/mol. The lowest BCUT2D eigenvalue weighted by atomic mass is 10.1. The van der Waals surface area contributed by atoms with Crippen LogP contribution >= 0.6 is 0 Å². The number of likely N-dealkylation sites (N-methyl/N-ethyl adjacent to an activating group) is 1. The van der Waals surface area contributed by atoms with Crippen molar-refractivity contribution in [2.75, 3.05) is 19.8 Å². The first-order valence-corrected chi connectivity index (χ1v) is 7.66. The van der Waals surface area contributed by atoms with Crippen LogP contribution in [0.5, 0.6) is 5.75 Å². The van der Waals surface area contributed by atoms with E-state index in [9.17, 15) is 0 Å². The van der Waals surface area contributed by atoms with E-state index in [4.69, 9.17) is 9.47 Å². The molecule has 0 saturated carbocycles. The average molecular weight is 279 g/mol. The summed E-state index contributed by atoms with van der Waals surface area (Å²) in [6.07, 6.45) is 0.260. The highest BCUT2D eigenvalue weighted by atomic mass is 16.5. The van der Waals surface area contributed by atoms with Gasteiger partial charge in [0.25, 0.3) is 0 Å². The minimum absolute atomic E-state index is 0.170. The zero-order chi connectivity index (χ0) is 15.0. The van der Waals surface area contributed by atoms with Crippen molar-refractivity contribution in [1.29, 1.82) is 0 Å². The summed E-state index contributed by atoms with van der Waals surface area (Å²) in [7, 11) is 0. The molecule has 0 fully saturated rings. The molecule has 3 heteroatoms. The number of nitrogens with one attached hydrogen (secondary N) is 1. The maximum absolute atomic E-state index is 5.99. The molecule has 1 N–H and O–H groups in total. The molecule has 1 rings (SSSR count). The summed E-state index contributed by atoms with van der Waals surface area (Å²) in [5.41, 5.74) is 1.17. The Morgan fingerprint density at radius 1 is 1.10 bits per heavy atom. The number of hydrogen-bond acceptors (Lipinski definition) is 3. The second kappa shape index (κ2) is 8.98. The van der Waals surface area contributed by atoms with Gasteiger partial charge in [0, 0.05) is 5.56 Å². The smallest absolute Gasteiger partial charge is 0.124 e. The second-order valence-electron chi connectivity index (χ2n) is 5.36. The minimum Gasteiger partial charge on any atom is -0.494 e. The van der Waals surface area contributed by atoms with E-state index in [2.05, 4.69) is 39.1 Å². The molecule has 0 radical (unpaired) electrons. The summed E-state index contributed by atoms with van der Waals surface area (Å²) in [5.74, 6) is 1.47. The van der Waals surface area contributed by atoms with Gasteiger partial charge in [-0.1, -0.05) is 39.0 Å². The van der Waals surface area contributed by atoms with Crippen LogP contribution in [0.15, 0.2) is 24.3 Å². The van der Waals surface area contributed by atoms with Crippen LogP contribution in [0.2, 0.25) is 0 Å². The van der Waals surface area contributed by atoms with Crippen LogP contribution in [-0.2, 0) is 4.74 Å². The maximum Gasteiger partial charge on any atom is 0.124 e. The van der Waals surface area contributed by atoms with Crippen LogP contribution in [0.4, 0.5) is 0 Å². The van der Waals surface area contributed by atoms with Crippen molar-refractivity contribution in [3.8, 4) is 5.75 Å². The molecule has 20 heavy (non-hydrogen) atoms. The monoisotopic (exact) mass is 279 g/mol. The van der Waals surface area contributed by atoms with Crippen LogP contribution < -0.4 is 10.1 Å². The van der Waals surface area contributed by atoms with Crippen molar-refractivity contribution >= 4 is 0 Å². The maximum atomic E-state index is 5.99. The Hall–Kier alpha value is -1.06. The van der Waals surface area contributed by atoms with Gasteiger partial charge in [0.1, 0.15) is 5.75 Å². The first-order chi connectivity index (χ1) is 9.60. The van der Waals surface area contributed by atoms with Crippen molar-refractivity contribution in [3.05, 3.63) is 29.8 Å². The Morgan fingerprint density at radius 3 is 2.40 bits per heavy atom. The van der Waals surface area contributed by atoms with E-state index in [1.54, 1.807) is 0 Å². The molecule has 3 nitrogen and oxygen atoms in total. The lowest BCUT2D eigenvalue weighted by molar-refractivity contribution is 0.0216. The van der Waals surface area contributed by atoms with Gasteiger partial charge in [0.05, 0.1) is 25.4 Å². The largest absolute Gasteiger partial charge is 0.494 e. The molecule has 0 aromatic heterocycles. The first kappa shape index (κ1) is 17.0. The molecule has 2 atom stereocenters. The van der Waals surface area contributed by atoms with E-state index in [-0.39, 0.29) is 12.1 Å². The van der Waals surface area contributed by atoms with Crippen molar-refractivity contribution in [3.63, 3.8) is 0 Å². The number of hydrogen-bond donors (Lipinski definition) is 1. The zero-order valence-corrected chi connectivity index (χ0v) is 13.5. The van der Waals surface area contributed by atoms with Gasteiger partial charge >= 0.3 is 0 Å². The van der Waals surface area contributed by atoms with Gasteiger partial charge in [0.15, 0.2) is 0 Å². The standard InChI is InChI=1S/C17H29NO2/c1-6-18-16(12-20-14(5)13(3)4)15-10-8-9-11-17(15)19-7-2/h8-11,13-14,16,18H,6-7,12H2,1-5H3. The molecular formula is C17H29NO2. The van der Waals surface area contributed by atoms with Gasteiger partial charge in [-0.05, 0) is 32.4 Å². The van der Waals surface area contributed by atoms with Crippen LogP contribution in [0.25, 0.3) is 0 Å². The summed E-state index contributed by atoms with van der Waals surface area (Å²) < 4.78 is 11.7. The SMILES string of the molecule is CCNC(COC(C)C(C)C)c1ccccc1OCC. The van der Waals surface area contributed by atoms with Gasteiger partial charge in [-0.3, -0.25) is 0 Å². The molecule has 0 heterocycles. The fourth-order valence-electron chi connectivity index (χ4n) is 2.00. The molecular weight excluding hydrogens is 250 g/mol. The van der Waals surface area contributed by atoms with Crippen molar-refractivity contribution in [1.82, 2.24) is 5.32 Å². The van der Waals surface area contributed by atoms with Crippen LogP contribution in [0.3, 0.4) is 0 Å². The van der Waals surface area contributed by atoms with Crippen LogP contribution in [0, 0.1) is 5.92 Å². The topological polar surface area (TPSA) is 30.5 Å². The molecule has 1 aromatic rings. The number of benzene rings is 1. The summed E-state index contributed by atoms with van der Waals surface area (Å²) >= 11 is 0. The van der Waals surface area contributed by atoms with E-state index in [0.29, 0.717) is 19.1 Å².